The number of amides is 1. The van der Waals surface area contributed by atoms with Gasteiger partial charge in [-0.1, -0.05) is 11.8 Å². The van der Waals surface area contributed by atoms with Gasteiger partial charge in [0.1, 0.15) is 5.03 Å². The third kappa shape index (κ3) is 3.50. The van der Waals surface area contributed by atoms with Gasteiger partial charge in [0.15, 0.2) is 0 Å². The highest BCUT2D eigenvalue weighted by atomic mass is 79.9. The highest BCUT2D eigenvalue weighted by Crippen LogP contribution is 2.25. The van der Waals surface area contributed by atoms with Crippen molar-refractivity contribution in [3.8, 4) is 0 Å². The van der Waals surface area contributed by atoms with Crippen LogP contribution in [-0.2, 0) is 4.79 Å². The van der Waals surface area contributed by atoms with Crippen LogP contribution in [0.3, 0.4) is 0 Å². The van der Waals surface area contributed by atoms with Crippen molar-refractivity contribution in [1.82, 2.24) is 10.3 Å². The normalized spacial score (nSPS) is 15.0. The standard InChI is InChI=1S/C10H11BrN2OS/c11-8-2-1-5-12-10(8)15-6-9(14)13-7-3-4-7/h1-2,5,7H,3-4,6H2,(H,13,14). The molecule has 0 aliphatic heterocycles. The van der Waals surface area contributed by atoms with E-state index >= 15 is 0 Å². The number of thioether (sulfide) groups is 1. The molecule has 1 saturated carbocycles. The molecule has 1 fully saturated rings. The molecule has 0 unspecified atom stereocenters. The molecule has 1 aromatic heterocycles. The summed E-state index contributed by atoms with van der Waals surface area (Å²) in [6.45, 7) is 0. The molecule has 1 aliphatic rings. The molecule has 1 amide bonds. The number of carbonyl (C=O) groups excluding carboxylic acids is 1. The largest absolute Gasteiger partial charge is 0.353 e. The van der Waals surface area contributed by atoms with Crippen LogP contribution < -0.4 is 5.32 Å². The Bertz CT molecular complexity index is 368. The Hall–Kier alpha value is -0.550. The molecule has 1 heterocycles. The van der Waals surface area contributed by atoms with Crippen LogP contribution in [0.25, 0.3) is 0 Å². The van der Waals surface area contributed by atoms with Gasteiger partial charge in [-0.25, -0.2) is 4.98 Å². The van der Waals surface area contributed by atoms with E-state index < -0.39 is 0 Å². The fraction of sp³-hybridized carbons (Fsp3) is 0.400. The van der Waals surface area contributed by atoms with Crippen molar-refractivity contribution < 1.29 is 4.79 Å². The molecule has 80 valence electrons. The van der Waals surface area contributed by atoms with E-state index in [1.165, 1.54) is 11.8 Å². The van der Waals surface area contributed by atoms with Crippen molar-refractivity contribution in [2.75, 3.05) is 5.75 Å². The molecule has 0 saturated heterocycles. The summed E-state index contributed by atoms with van der Waals surface area (Å²) in [5, 5.41) is 3.81. The number of nitrogens with zero attached hydrogens (tertiary/aromatic N) is 1. The van der Waals surface area contributed by atoms with Crippen LogP contribution >= 0.6 is 27.7 Å². The van der Waals surface area contributed by atoms with Crippen LogP contribution in [0.5, 0.6) is 0 Å². The number of halogens is 1. The quantitative estimate of drug-likeness (QED) is 0.863. The second kappa shape index (κ2) is 4.99. The Labute approximate surface area is 101 Å². The number of pyridine rings is 1. The highest BCUT2D eigenvalue weighted by Gasteiger charge is 2.23. The molecule has 0 radical (unpaired) electrons. The molecule has 2 rings (SSSR count). The first-order chi connectivity index (χ1) is 7.25. The first-order valence-corrected chi connectivity index (χ1v) is 6.56. The second-order valence-corrected chi connectivity index (χ2v) is 5.24. The lowest BCUT2D eigenvalue weighted by atomic mass is 10.5. The minimum Gasteiger partial charge on any atom is -0.353 e. The first kappa shape index (κ1) is 11.0. The number of rotatable bonds is 4. The lowest BCUT2D eigenvalue weighted by molar-refractivity contribution is -0.118. The molecule has 1 aliphatic carbocycles. The number of hydrogen-bond donors (Lipinski definition) is 1. The van der Waals surface area contributed by atoms with E-state index in [0.29, 0.717) is 11.8 Å². The fourth-order valence-corrected chi connectivity index (χ4v) is 2.40. The summed E-state index contributed by atoms with van der Waals surface area (Å²) in [4.78, 5) is 15.6. The zero-order valence-corrected chi connectivity index (χ0v) is 10.5. The van der Waals surface area contributed by atoms with Crippen molar-refractivity contribution >= 4 is 33.6 Å². The second-order valence-electron chi connectivity index (χ2n) is 3.42. The van der Waals surface area contributed by atoms with E-state index in [-0.39, 0.29) is 5.91 Å². The Morgan fingerprint density at radius 3 is 3.13 bits per heavy atom. The molecule has 0 aromatic carbocycles. The van der Waals surface area contributed by atoms with Gasteiger partial charge >= 0.3 is 0 Å². The van der Waals surface area contributed by atoms with Gasteiger partial charge in [-0.2, -0.15) is 0 Å². The number of carbonyl (C=O) groups is 1. The van der Waals surface area contributed by atoms with Gasteiger partial charge in [0.05, 0.1) is 5.75 Å². The molecule has 1 aromatic rings. The van der Waals surface area contributed by atoms with Crippen molar-refractivity contribution in [3.05, 3.63) is 22.8 Å². The third-order valence-electron chi connectivity index (χ3n) is 2.01. The lowest BCUT2D eigenvalue weighted by Crippen LogP contribution is -2.27. The Balaban J connectivity index is 1.81. The number of nitrogens with one attached hydrogen (secondary N) is 1. The molecule has 1 N–H and O–H groups in total. The Morgan fingerprint density at radius 2 is 2.47 bits per heavy atom. The molecule has 5 heteroatoms. The molecule has 3 nitrogen and oxygen atoms in total. The van der Waals surface area contributed by atoms with Crippen molar-refractivity contribution in [3.63, 3.8) is 0 Å². The van der Waals surface area contributed by atoms with E-state index in [0.717, 1.165) is 22.3 Å². The monoisotopic (exact) mass is 286 g/mol. The summed E-state index contributed by atoms with van der Waals surface area (Å²) >= 11 is 4.85. The molecule has 0 atom stereocenters. The van der Waals surface area contributed by atoms with Gasteiger partial charge in [-0.15, -0.1) is 0 Å². The van der Waals surface area contributed by atoms with Crippen molar-refractivity contribution in [1.29, 1.82) is 0 Å². The van der Waals surface area contributed by atoms with Gasteiger partial charge in [-0.3, -0.25) is 4.79 Å². The van der Waals surface area contributed by atoms with Crippen LogP contribution in [0.4, 0.5) is 0 Å². The summed E-state index contributed by atoms with van der Waals surface area (Å²) in [7, 11) is 0. The van der Waals surface area contributed by atoms with Crippen molar-refractivity contribution in [2.45, 2.75) is 23.9 Å². The smallest absolute Gasteiger partial charge is 0.230 e. The van der Waals surface area contributed by atoms with Crippen molar-refractivity contribution in [2.24, 2.45) is 0 Å². The van der Waals surface area contributed by atoms with E-state index in [1.807, 2.05) is 12.1 Å². The maximum absolute atomic E-state index is 11.4. The summed E-state index contributed by atoms with van der Waals surface area (Å²) in [5.74, 6) is 0.534. The SMILES string of the molecule is O=C(CSc1ncccc1Br)NC1CC1. The third-order valence-corrected chi connectivity index (χ3v) is 3.91. The highest BCUT2D eigenvalue weighted by molar-refractivity contribution is 9.10. The molecular formula is C10H11BrN2OS. The van der Waals surface area contributed by atoms with Gasteiger partial charge in [0.2, 0.25) is 5.91 Å². The summed E-state index contributed by atoms with van der Waals surface area (Å²) in [6.07, 6.45) is 3.99. The number of aromatic nitrogens is 1. The van der Waals surface area contributed by atoms with Crippen LogP contribution in [0.15, 0.2) is 27.8 Å². The van der Waals surface area contributed by atoms with Crippen LogP contribution in [0.2, 0.25) is 0 Å². The Morgan fingerprint density at radius 1 is 1.67 bits per heavy atom. The topological polar surface area (TPSA) is 42.0 Å². The van der Waals surface area contributed by atoms with E-state index in [4.69, 9.17) is 0 Å². The maximum atomic E-state index is 11.4. The van der Waals surface area contributed by atoms with Crippen LogP contribution in [0.1, 0.15) is 12.8 Å². The average Bonchev–Trinajstić information content (AvgIpc) is 3.00. The van der Waals surface area contributed by atoms with E-state index in [1.54, 1.807) is 6.20 Å². The number of hydrogen-bond acceptors (Lipinski definition) is 3. The van der Waals surface area contributed by atoms with Gasteiger partial charge in [-0.05, 0) is 40.9 Å². The van der Waals surface area contributed by atoms with Gasteiger partial charge < -0.3 is 5.32 Å². The van der Waals surface area contributed by atoms with E-state index in [9.17, 15) is 4.79 Å². The minimum atomic E-state index is 0.0973. The zero-order valence-electron chi connectivity index (χ0n) is 8.07. The molecule has 15 heavy (non-hydrogen) atoms. The lowest BCUT2D eigenvalue weighted by Gasteiger charge is -2.03. The maximum Gasteiger partial charge on any atom is 0.230 e. The van der Waals surface area contributed by atoms with E-state index in [2.05, 4.69) is 26.2 Å². The van der Waals surface area contributed by atoms with Crippen LogP contribution in [-0.4, -0.2) is 22.7 Å². The Kier molecular flexibility index (Phi) is 3.64. The van der Waals surface area contributed by atoms with Gasteiger partial charge in [0.25, 0.3) is 0 Å². The molecule has 0 spiro atoms. The zero-order chi connectivity index (χ0) is 10.7. The summed E-state index contributed by atoms with van der Waals surface area (Å²) in [6, 6.07) is 4.22. The summed E-state index contributed by atoms with van der Waals surface area (Å²) < 4.78 is 0.939. The molecule has 0 bridgehead atoms. The average molecular weight is 287 g/mol. The fourth-order valence-electron chi connectivity index (χ4n) is 1.11. The van der Waals surface area contributed by atoms with Crippen LogP contribution in [0, 0.1) is 0 Å². The first-order valence-electron chi connectivity index (χ1n) is 4.78. The molecular weight excluding hydrogens is 276 g/mol. The summed E-state index contributed by atoms with van der Waals surface area (Å²) in [5.41, 5.74) is 0. The minimum absolute atomic E-state index is 0.0973. The predicted octanol–water partition coefficient (Wildman–Crippen LogP) is 2.21. The predicted molar refractivity (Wildman–Crippen MR) is 63.8 cm³/mol. The van der Waals surface area contributed by atoms with Gasteiger partial charge in [0, 0.05) is 16.7 Å².